The maximum absolute atomic E-state index is 15.2. The molecule has 0 spiro atoms. The molecule has 0 atom stereocenters. The summed E-state index contributed by atoms with van der Waals surface area (Å²) in [4.78, 5) is 4.61. The van der Waals surface area contributed by atoms with Crippen molar-refractivity contribution in [2.75, 3.05) is 0 Å². The molecule has 1 aromatic heterocycles. The van der Waals surface area contributed by atoms with Crippen molar-refractivity contribution in [3.63, 3.8) is 0 Å². The monoisotopic (exact) mass is 511 g/mol. The van der Waals surface area contributed by atoms with Crippen molar-refractivity contribution < 1.29 is 22.0 Å². The van der Waals surface area contributed by atoms with Gasteiger partial charge in [-0.15, -0.1) is 0 Å². The lowest BCUT2D eigenvalue weighted by Crippen LogP contribution is -2.08. The van der Waals surface area contributed by atoms with E-state index < -0.39 is 17.6 Å². The number of halogens is 5. The Morgan fingerprint density at radius 3 is 2.22 bits per heavy atom. The molecule has 0 bridgehead atoms. The standard InChI is InChI=1S/C31H30F5N/c1-2-3-4-5-6-7-22-10-17-29(37-20-22)25-14-15-26-24(19-25)13-12-23(30(26)33)11-8-21-9-16-27(28(32)18-21)31(34,35)36/h9-10,12-20H,2-8,11H2,1H3. The first-order valence-electron chi connectivity index (χ1n) is 12.8. The van der Waals surface area contributed by atoms with E-state index in [9.17, 15) is 17.6 Å². The predicted octanol–water partition coefficient (Wildman–Crippen LogP) is 9.50. The Morgan fingerprint density at radius 2 is 1.51 bits per heavy atom. The van der Waals surface area contributed by atoms with Gasteiger partial charge in [0.05, 0.1) is 11.3 Å². The number of unbranched alkanes of at least 4 members (excludes halogenated alkanes) is 4. The van der Waals surface area contributed by atoms with Crippen LogP contribution in [0.1, 0.15) is 61.3 Å². The van der Waals surface area contributed by atoms with Gasteiger partial charge in [-0.2, -0.15) is 13.2 Å². The highest BCUT2D eigenvalue weighted by molar-refractivity contribution is 5.88. The zero-order chi connectivity index (χ0) is 26.4. The SMILES string of the molecule is CCCCCCCc1ccc(-c2ccc3c(F)c(CCc4ccc(C(F)(F)F)c(F)c4)ccc3c2)nc1. The Labute approximate surface area is 214 Å². The highest BCUT2D eigenvalue weighted by atomic mass is 19.4. The normalized spacial score (nSPS) is 11.8. The minimum Gasteiger partial charge on any atom is -0.256 e. The Balaban J connectivity index is 1.43. The molecule has 194 valence electrons. The van der Waals surface area contributed by atoms with Gasteiger partial charge in [0.15, 0.2) is 0 Å². The van der Waals surface area contributed by atoms with Gasteiger partial charge in [0, 0.05) is 17.1 Å². The first-order chi connectivity index (χ1) is 17.8. The quantitative estimate of drug-likeness (QED) is 0.153. The van der Waals surface area contributed by atoms with E-state index >= 15 is 4.39 Å². The Hall–Kier alpha value is -3.28. The lowest BCUT2D eigenvalue weighted by Gasteiger charge is -2.11. The third-order valence-electron chi connectivity index (χ3n) is 6.75. The molecule has 0 aliphatic rings. The largest absolute Gasteiger partial charge is 0.419 e. The zero-order valence-electron chi connectivity index (χ0n) is 20.8. The number of hydrogen-bond donors (Lipinski definition) is 0. The van der Waals surface area contributed by atoms with Gasteiger partial charge in [0.2, 0.25) is 0 Å². The second-order valence-electron chi connectivity index (χ2n) is 9.50. The number of pyridine rings is 1. The highest BCUT2D eigenvalue weighted by Gasteiger charge is 2.33. The minimum absolute atomic E-state index is 0.227. The van der Waals surface area contributed by atoms with Gasteiger partial charge >= 0.3 is 6.18 Å². The molecule has 1 heterocycles. The summed E-state index contributed by atoms with van der Waals surface area (Å²) in [6.07, 6.45) is 4.83. The van der Waals surface area contributed by atoms with E-state index in [4.69, 9.17) is 0 Å². The van der Waals surface area contributed by atoms with Crippen molar-refractivity contribution in [1.82, 2.24) is 4.98 Å². The van der Waals surface area contributed by atoms with Gasteiger partial charge in [-0.25, -0.2) is 8.78 Å². The molecule has 0 aliphatic carbocycles. The van der Waals surface area contributed by atoms with Crippen LogP contribution in [0, 0.1) is 11.6 Å². The van der Waals surface area contributed by atoms with Crippen LogP contribution in [0.3, 0.4) is 0 Å². The Kier molecular flexibility index (Phi) is 8.57. The number of fused-ring (bicyclic) bond motifs is 1. The van der Waals surface area contributed by atoms with Crippen LogP contribution in [0.2, 0.25) is 0 Å². The maximum Gasteiger partial charge on any atom is 0.419 e. The fraction of sp³-hybridized carbons (Fsp3) is 0.323. The summed E-state index contributed by atoms with van der Waals surface area (Å²) in [5.74, 6) is -1.69. The van der Waals surface area contributed by atoms with E-state index in [1.165, 1.54) is 37.3 Å². The predicted molar refractivity (Wildman–Crippen MR) is 138 cm³/mol. The van der Waals surface area contributed by atoms with Crippen LogP contribution >= 0.6 is 0 Å². The first kappa shape index (κ1) is 26.8. The third kappa shape index (κ3) is 6.73. The lowest BCUT2D eigenvalue weighted by atomic mass is 9.97. The molecule has 0 fully saturated rings. The van der Waals surface area contributed by atoms with Crippen molar-refractivity contribution in [2.45, 2.75) is 64.5 Å². The van der Waals surface area contributed by atoms with Crippen LogP contribution in [-0.4, -0.2) is 4.98 Å². The molecule has 3 aromatic carbocycles. The number of nitrogens with zero attached hydrogens (tertiary/aromatic N) is 1. The molecule has 4 rings (SSSR count). The molecule has 4 aromatic rings. The van der Waals surface area contributed by atoms with Crippen molar-refractivity contribution in [3.05, 3.63) is 101 Å². The fourth-order valence-electron chi connectivity index (χ4n) is 4.59. The summed E-state index contributed by atoms with van der Waals surface area (Å²) in [5.41, 5.74) is 2.46. The van der Waals surface area contributed by atoms with Gasteiger partial charge in [-0.05, 0) is 72.0 Å². The molecule has 6 heteroatoms. The molecular weight excluding hydrogens is 481 g/mol. The summed E-state index contributed by atoms with van der Waals surface area (Å²) in [6, 6.07) is 15.9. The number of aryl methyl sites for hydroxylation is 3. The number of hydrogen-bond acceptors (Lipinski definition) is 1. The van der Waals surface area contributed by atoms with Gasteiger partial charge in [-0.1, -0.05) is 69.0 Å². The molecule has 0 unspecified atom stereocenters. The maximum atomic E-state index is 15.2. The molecule has 0 saturated heterocycles. The topological polar surface area (TPSA) is 12.9 Å². The van der Waals surface area contributed by atoms with Gasteiger partial charge in [-0.3, -0.25) is 4.98 Å². The van der Waals surface area contributed by atoms with Crippen LogP contribution in [0.25, 0.3) is 22.0 Å². The van der Waals surface area contributed by atoms with Crippen molar-refractivity contribution in [2.24, 2.45) is 0 Å². The van der Waals surface area contributed by atoms with Crippen molar-refractivity contribution >= 4 is 10.8 Å². The van der Waals surface area contributed by atoms with Crippen molar-refractivity contribution in [1.29, 1.82) is 0 Å². The van der Waals surface area contributed by atoms with Gasteiger partial charge < -0.3 is 0 Å². The van der Waals surface area contributed by atoms with E-state index in [-0.39, 0.29) is 18.7 Å². The second kappa shape index (κ2) is 11.8. The van der Waals surface area contributed by atoms with Crippen LogP contribution in [0.15, 0.2) is 66.9 Å². The molecule has 0 aliphatic heterocycles. The van der Waals surface area contributed by atoms with E-state index in [1.807, 2.05) is 30.5 Å². The average molecular weight is 512 g/mol. The van der Waals surface area contributed by atoms with Gasteiger partial charge in [0.1, 0.15) is 11.6 Å². The van der Waals surface area contributed by atoms with E-state index in [0.717, 1.165) is 41.6 Å². The van der Waals surface area contributed by atoms with Crippen LogP contribution in [-0.2, 0) is 25.4 Å². The zero-order valence-corrected chi connectivity index (χ0v) is 20.8. The number of rotatable bonds is 10. The molecule has 0 N–H and O–H groups in total. The van der Waals surface area contributed by atoms with Crippen LogP contribution in [0.5, 0.6) is 0 Å². The molecular formula is C31H30F5N. The molecule has 0 saturated carbocycles. The van der Waals surface area contributed by atoms with E-state index in [0.29, 0.717) is 16.5 Å². The highest BCUT2D eigenvalue weighted by Crippen LogP contribution is 2.32. The molecule has 0 radical (unpaired) electrons. The summed E-state index contributed by atoms with van der Waals surface area (Å²) in [7, 11) is 0. The number of aromatic nitrogens is 1. The van der Waals surface area contributed by atoms with Crippen LogP contribution < -0.4 is 0 Å². The Morgan fingerprint density at radius 1 is 0.730 bits per heavy atom. The summed E-state index contributed by atoms with van der Waals surface area (Å²) in [5, 5.41) is 1.20. The molecule has 0 amide bonds. The summed E-state index contributed by atoms with van der Waals surface area (Å²) in [6.45, 7) is 2.21. The van der Waals surface area contributed by atoms with Gasteiger partial charge in [0.25, 0.3) is 0 Å². The molecule has 1 nitrogen and oxygen atoms in total. The molecule has 37 heavy (non-hydrogen) atoms. The number of benzene rings is 3. The van der Waals surface area contributed by atoms with E-state index in [2.05, 4.69) is 18.0 Å². The Bertz CT molecular complexity index is 1340. The van der Waals surface area contributed by atoms with E-state index in [1.54, 1.807) is 12.1 Å². The smallest absolute Gasteiger partial charge is 0.256 e. The van der Waals surface area contributed by atoms with Crippen molar-refractivity contribution in [3.8, 4) is 11.3 Å². The van der Waals surface area contributed by atoms with Crippen LogP contribution in [0.4, 0.5) is 22.0 Å². The summed E-state index contributed by atoms with van der Waals surface area (Å²) >= 11 is 0. The third-order valence-corrected chi connectivity index (χ3v) is 6.75. The second-order valence-corrected chi connectivity index (χ2v) is 9.50. The minimum atomic E-state index is -4.74. The average Bonchev–Trinajstić information content (AvgIpc) is 2.87. The lowest BCUT2D eigenvalue weighted by molar-refractivity contribution is -0.140. The fourth-order valence-corrected chi connectivity index (χ4v) is 4.59. The number of alkyl halides is 3. The first-order valence-corrected chi connectivity index (χ1v) is 12.8. The summed E-state index contributed by atoms with van der Waals surface area (Å²) < 4.78 is 67.4.